The van der Waals surface area contributed by atoms with Gasteiger partial charge in [0.05, 0.1) is 5.69 Å². The van der Waals surface area contributed by atoms with Gasteiger partial charge in [-0.1, -0.05) is 17.8 Å². The number of benzene rings is 2. The molecule has 1 heterocycles. The monoisotopic (exact) mass is 374 g/mol. The quantitative estimate of drug-likeness (QED) is 0.674. The van der Waals surface area contributed by atoms with Crippen molar-refractivity contribution in [2.45, 2.75) is 24.3 Å². The Bertz CT molecular complexity index is 944. The maximum absolute atomic E-state index is 14.0. The van der Waals surface area contributed by atoms with Crippen molar-refractivity contribution in [2.24, 2.45) is 0 Å². The molecule has 0 saturated carbocycles. The van der Waals surface area contributed by atoms with Gasteiger partial charge in [0.25, 0.3) is 0 Å². The Hall–Kier alpha value is -2.74. The molecule has 1 N–H and O–H groups in total. The van der Waals surface area contributed by atoms with Crippen LogP contribution in [0.3, 0.4) is 0 Å². The Labute approximate surface area is 153 Å². The third kappa shape index (κ3) is 4.08. The standard InChI is InChI=1S/C18H16F2N4OS/c1-11(16-8-13(19)6-7-17(16)20)26-18-23-21-10-24(18)15-5-3-4-14(9-15)22-12(2)25/h3-11H,1-2H3,(H,22,25). The summed E-state index contributed by atoms with van der Waals surface area (Å²) < 4.78 is 29.1. The van der Waals surface area contributed by atoms with Gasteiger partial charge in [-0.05, 0) is 43.3 Å². The van der Waals surface area contributed by atoms with E-state index in [-0.39, 0.29) is 16.7 Å². The maximum atomic E-state index is 14.0. The van der Waals surface area contributed by atoms with Crippen molar-refractivity contribution in [1.82, 2.24) is 14.8 Å². The van der Waals surface area contributed by atoms with Gasteiger partial charge in [-0.3, -0.25) is 9.36 Å². The lowest BCUT2D eigenvalue weighted by molar-refractivity contribution is -0.114. The molecule has 26 heavy (non-hydrogen) atoms. The second-order valence-electron chi connectivity index (χ2n) is 5.64. The lowest BCUT2D eigenvalue weighted by Gasteiger charge is -2.13. The SMILES string of the molecule is CC(=O)Nc1cccc(-n2cnnc2SC(C)c2cc(F)ccc2F)c1. The van der Waals surface area contributed by atoms with Crippen LogP contribution in [0.15, 0.2) is 53.9 Å². The molecule has 8 heteroatoms. The zero-order chi connectivity index (χ0) is 18.7. The van der Waals surface area contributed by atoms with Crippen molar-refractivity contribution in [1.29, 1.82) is 0 Å². The van der Waals surface area contributed by atoms with Crippen molar-refractivity contribution in [2.75, 3.05) is 5.32 Å². The van der Waals surface area contributed by atoms with E-state index in [1.165, 1.54) is 31.1 Å². The molecule has 1 amide bonds. The third-order valence-electron chi connectivity index (χ3n) is 3.64. The lowest BCUT2D eigenvalue weighted by Crippen LogP contribution is -2.06. The van der Waals surface area contributed by atoms with Crippen LogP contribution >= 0.6 is 11.8 Å². The number of anilines is 1. The summed E-state index contributed by atoms with van der Waals surface area (Å²) in [5.41, 5.74) is 1.65. The molecular formula is C18H16F2N4OS. The Morgan fingerprint density at radius 2 is 2.04 bits per heavy atom. The van der Waals surface area contributed by atoms with Crippen molar-refractivity contribution < 1.29 is 13.6 Å². The Morgan fingerprint density at radius 1 is 1.23 bits per heavy atom. The van der Waals surface area contributed by atoms with Crippen molar-refractivity contribution >= 4 is 23.4 Å². The highest BCUT2D eigenvalue weighted by atomic mass is 32.2. The molecule has 0 fully saturated rings. The second kappa shape index (κ2) is 7.65. The summed E-state index contributed by atoms with van der Waals surface area (Å²) in [6, 6.07) is 10.6. The largest absolute Gasteiger partial charge is 0.326 e. The van der Waals surface area contributed by atoms with Crippen LogP contribution in [-0.2, 0) is 4.79 Å². The molecule has 1 unspecified atom stereocenters. The van der Waals surface area contributed by atoms with E-state index in [2.05, 4.69) is 15.5 Å². The van der Waals surface area contributed by atoms with E-state index >= 15 is 0 Å². The molecule has 5 nitrogen and oxygen atoms in total. The maximum Gasteiger partial charge on any atom is 0.221 e. The number of thioether (sulfide) groups is 1. The Morgan fingerprint density at radius 3 is 2.81 bits per heavy atom. The van der Waals surface area contributed by atoms with Crippen LogP contribution in [0.25, 0.3) is 5.69 Å². The van der Waals surface area contributed by atoms with Gasteiger partial charge in [0.1, 0.15) is 18.0 Å². The number of hydrogen-bond acceptors (Lipinski definition) is 4. The fourth-order valence-electron chi connectivity index (χ4n) is 2.47. The summed E-state index contributed by atoms with van der Waals surface area (Å²) in [5.74, 6) is -1.13. The molecule has 0 aliphatic heterocycles. The molecule has 3 aromatic rings. The first-order valence-electron chi connectivity index (χ1n) is 7.83. The van der Waals surface area contributed by atoms with Crippen LogP contribution < -0.4 is 5.32 Å². The molecule has 0 spiro atoms. The predicted octanol–water partition coefficient (Wildman–Crippen LogP) is 4.36. The van der Waals surface area contributed by atoms with Crippen LogP contribution in [-0.4, -0.2) is 20.7 Å². The fourth-order valence-corrected chi connectivity index (χ4v) is 3.45. The average Bonchev–Trinajstić information content (AvgIpc) is 3.04. The molecule has 1 atom stereocenters. The normalized spacial score (nSPS) is 12.0. The molecule has 0 saturated heterocycles. The minimum Gasteiger partial charge on any atom is -0.326 e. The summed E-state index contributed by atoms with van der Waals surface area (Å²) in [5, 5.41) is 10.9. The van der Waals surface area contributed by atoms with Gasteiger partial charge in [0.2, 0.25) is 5.91 Å². The van der Waals surface area contributed by atoms with Gasteiger partial charge in [-0.2, -0.15) is 0 Å². The number of nitrogens with zero attached hydrogens (tertiary/aromatic N) is 3. The number of carbonyl (C=O) groups is 1. The second-order valence-corrected chi connectivity index (χ2v) is 6.95. The predicted molar refractivity (Wildman–Crippen MR) is 96.3 cm³/mol. The lowest BCUT2D eigenvalue weighted by atomic mass is 10.1. The first kappa shape index (κ1) is 18.1. The summed E-state index contributed by atoms with van der Waals surface area (Å²) in [7, 11) is 0. The van der Waals surface area contributed by atoms with Gasteiger partial charge < -0.3 is 5.32 Å². The Balaban J connectivity index is 1.87. The van der Waals surface area contributed by atoms with Gasteiger partial charge in [-0.15, -0.1) is 10.2 Å². The topological polar surface area (TPSA) is 59.8 Å². The van der Waals surface area contributed by atoms with Crippen molar-refractivity contribution in [3.8, 4) is 5.69 Å². The van der Waals surface area contributed by atoms with Gasteiger partial charge in [-0.25, -0.2) is 8.78 Å². The molecule has 3 rings (SSSR count). The highest BCUT2D eigenvalue weighted by Gasteiger charge is 2.17. The minimum absolute atomic E-state index is 0.171. The summed E-state index contributed by atoms with van der Waals surface area (Å²) >= 11 is 1.26. The fraction of sp³-hybridized carbons (Fsp3) is 0.167. The van der Waals surface area contributed by atoms with E-state index < -0.39 is 11.6 Å². The van der Waals surface area contributed by atoms with E-state index in [1.807, 2.05) is 6.07 Å². The molecule has 0 radical (unpaired) electrons. The highest BCUT2D eigenvalue weighted by molar-refractivity contribution is 7.99. The van der Waals surface area contributed by atoms with Gasteiger partial charge in [0.15, 0.2) is 5.16 Å². The van der Waals surface area contributed by atoms with E-state index in [4.69, 9.17) is 0 Å². The van der Waals surface area contributed by atoms with Crippen LogP contribution in [0.1, 0.15) is 24.7 Å². The molecule has 1 aromatic heterocycles. The number of amides is 1. The summed E-state index contributed by atoms with van der Waals surface area (Å²) in [6.45, 7) is 3.21. The first-order chi connectivity index (χ1) is 12.4. The van der Waals surface area contributed by atoms with Gasteiger partial charge >= 0.3 is 0 Å². The van der Waals surface area contributed by atoms with Gasteiger partial charge in [0, 0.05) is 23.4 Å². The van der Waals surface area contributed by atoms with E-state index in [0.717, 1.165) is 17.8 Å². The van der Waals surface area contributed by atoms with E-state index in [9.17, 15) is 13.6 Å². The van der Waals surface area contributed by atoms with Crippen LogP contribution in [0.2, 0.25) is 0 Å². The molecule has 0 aliphatic rings. The number of carbonyl (C=O) groups excluding carboxylic acids is 1. The molecule has 134 valence electrons. The van der Waals surface area contributed by atoms with Crippen LogP contribution in [0.4, 0.5) is 14.5 Å². The third-order valence-corrected chi connectivity index (χ3v) is 4.74. The number of hydrogen-bond donors (Lipinski definition) is 1. The average molecular weight is 374 g/mol. The zero-order valence-electron chi connectivity index (χ0n) is 14.1. The van der Waals surface area contributed by atoms with E-state index in [1.54, 1.807) is 29.7 Å². The van der Waals surface area contributed by atoms with Crippen molar-refractivity contribution in [3.63, 3.8) is 0 Å². The summed E-state index contributed by atoms with van der Waals surface area (Å²) in [4.78, 5) is 11.2. The Kier molecular flexibility index (Phi) is 5.32. The molecule has 0 bridgehead atoms. The first-order valence-corrected chi connectivity index (χ1v) is 8.71. The van der Waals surface area contributed by atoms with E-state index in [0.29, 0.717) is 10.8 Å². The smallest absolute Gasteiger partial charge is 0.221 e. The van der Waals surface area contributed by atoms with Crippen LogP contribution in [0.5, 0.6) is 0 Å². The van der Waals surface area contributed by atoms with Crippen molar-refractivity contribution in [3.05, 3.63) is 66.0 Å². The van der Waals surface area contributed by atoms with Crippen LogP contribution in [0, 0.1) is 11.6 Å². The highest BCUT2D eigenvalue weighted by Crippen LogP contribution is 2.36. The number of aromatic nitrogens is 3. The minimum atomic E-state index is -0.488. The molecule has 2 aromatic carbocycles. The molecular weight excluding hydrogens is 358 g/mol. The summed E-state index contributed by atoms with van der Waals surface area (Å²) in [6.07, 6.45) is 1.53. The zero-order valence-corrected chi connectivity index (χ0v) is 14.9. The number of halogens is 2. The number of rotatable bonds is 5. The molecule has 0 aliphatic carbocycles. The number of nitrogens with one attached hydrogen (secondary N) is 1.